The van der Waals surface area contributed by atoms with Gasteiger partial charge in [-0.25, -0.2) is 0 Å². The number of nitrogens with zero attached hydrogens (tertiary/aromatic N) is 2. The van der Waals surface area contributed by atoms with Gasteiger partial charge < -0.3 is 4.90 Å². The van der Waals surface area contributed by atoms with Gasteiger partial charge in [0.25, 0.3) is 5.91 Å². The molecule has 0 radical (unpaired) electrons. The molecule has 0 bridgehead atoms. The van der Waals surface area contributed by atoms with Crippen molar-refractivity contribution >= 4 is 17.3 Å². The van der Waals surface area contributed by atoms with E-state index in [4.69, 9.17) is 0 Å². The number of benzene rings is 2. The number of fused-ring (bicyclic) bond motifs is 1. The Hall–Kier alpha value is -2.46. The second-order valence-electron chi connectivity index (χ2n) is 5.34. The van der Waals surface area contributed by atoms with Crippen molar-refractivity contribution in [1.82, 2.24) is 5.32 Å². The van der Waals surface area contributed by atoms with Crippen LogP contribution in [0.2, 0.25) is 0 Å². The third kappa shape index (κ3) is 3.71. The van der Waals surface area contributed by atoms with Gasteiger partial charge in [-0.2, -0.15) is 0 Å². The van der Waals surface area contributed by atoms with Crippen LogP contribution in [0.3, 0.4) is 0 Å². The quantitative estimate of drug-likeness (QED) is 0.922. The van der Waals surface area contributed by atoms with Crippen molar-refractivity contribution in [2.75, 3.05) is 19.0 Å². The van der Waals surface area contributed by atoms with Crippen molar-refractivity contribution in [3.05, 3.63) is 65.7 Å². The Kier molecular flexibility index (Phi) is 6.27. The summed E-state index contributed by atoms with van der Waals surface area (Å²) in [6, 6.07) is 18.0. The van der Waals surface area contributed by atoms with Crippen LogP contribution in [0.1, 0.15) is 25.0 Å². The first-order valence-corrected chi connectivity index (χ1v) is 8.35. The van der Waals surface area contributed by atoms with Gasteiger partial charge in [-0.3, -0.25) is 15.1 Å². The Labute approximate surface area is 144 Å². The summed E-state index contributed by atoms with van der Waals surface area (Å²) < 4.78 is 0. The van der Waals surface area contributed by atoms with Crippen LogP contribution in [0.4, 0.5) is 5.69 Å². The fraction of sp³-hybridized carbons (Fsp3) is 0.300. The summed E-state index contributed by atoms with van der Waals surface area (Å²) in [5, 5.41) is 3.00. The lowest BCUT2D eigenvalue weighted by molar-refractivity contribution is -0.120. The number of hydrogen-bond donors (Lipinski definition) is 1. The lowest BCUT2D eigenvalue weighted by Gasteiger charge is -2.27. The molecule has 1 aliphatic rings. The van der Waals surface area contributed by atoms with Crippen molar-refractivity contribution in [1.29, 1.82) is 0 Å². The predicted molar refractivity (Wildman–Crippen MR) is 101 cm³/mol. The lowest BCUT2D eigenvalue weighted by atomic mass is 9.99. The molecule has 0 saturated heterocycles. The van der Waals surface area contributed by atoms with E-state index in [1.165, 1.54) is 0 Å². The van der Waals surface area contributed by atoms with Crippen LogP contribution in [0, 0.1) is 0 Å². The summed E-state index contributed by atoms with van der Waals surface area (Å²) in [6.45, 7) is 4.00. The Morgan fingerprint density at radius 3 is 2.33 bits per heavy atom. The van der Waals surface area contributed by atoms with Gasteiger partial charge >= 0.3 is 0 Å². The Morgan fingerprint density at radius 2 is 1.67 bits per heavy atom. The minimum atomic E-state index is -0.562. The number of carbonyl (C=O) groups is 1. The summed E-state index contributed by atoms with van der Waals surface area (Å²) >= 11 is 0. The second kappa shape index (κ2) is 8.41. The molecule has 24 heavy (non-hydrogen) atoms. The van der Waals surface area contributed by atoms with Gasteiger partial charge in [0.15, 0.2) is 6.17 Å². The number of nitrogens with one attached hydrogen (secondary N) is 1. The summed E-state index contributed by atoms with van der Waals surface area (Å²) in [7, 11) is 3.56. The molecule has 4 heteroatoms. The molecule has 0 spiro atoms. The maximum Gasteiger partial charge on any atom is 0.266 e. The molecule has 1 heterocycles. The zero-order valence-electron chi connectivity index (χ0n) is 14.8. The highest BCUT2D eigenvalue weighted by atomic mass is 16.2. The van der Waals surface area contributed by atoms with Gasteiger partial charge in [0.2, 0.25) is 0 Å². The van der Waals surface area contributed by atoms with Crippen molar-refractivity contribution in [2.24, 2.45) is 4.99 Å². The Balaban J connectivity index is 0.00000100. The summed E-state index contributed by atoms with van der Waals surface area (Å²) in [6.07, 6.45) is 0.143. The number of para-hydroxylation sites is 1. The maximum absolute atomic E-state index is 12.6. The third-order valence-corrected chi connectivity index (χ3v) is 3.94. The predicted octanol–water partition coefficient (Wildman–Crippen LogP) is 3.27. The van der Waals surface area contributed by atoms with Gasteiger partial charge in [-0.15, -0.1) is 0 Å². The highest BCUT2D eigenvalue weighted by Gasteiger charge is 2.26. The highest BCUT2D eigenvalue weighted by molar-refractivity contribution is 6.07. The largest absolute Gasteiger partial charge is 0.312 e. The van der Waals surface area contributed by atoms with E-state index in [0.29, 0.717) is 6.42 Å². The van der Waals surface area contributed by atoms with E-state index >= 15 is 0 Å². The minimum Gasteiger partial charge on any atom is -0.312 e. The number of likely N-dealkylation sites (N-methyl/N-ethyl adjacent to an activating group) is 2. The van der Waals surface area contributed by atoms with Crippen LogP contribution in [-0.4, -0.2) is 31.9 Å². The third-order valence-electron chi connectivity index (χ3n) is 3.94. The molecule has 1 amide bonds. The van der Waals surface area contributed by atoms with E-state index in [1.807, 2.05) is 62.4 Å². The zero-order chi connectivity index (χ0) is 17.5. The standard InChI is InChI=1S/C18H19N3O.C2H6/c1-19-17-18(22)21(2)16-11-7-6-10-14(16)12-15(20-17)13-8-4-3-5-9-13;1-2/h3-11,17,19H,12H2,1-2H3;1-2H3/b20-15+;. The maximum atomic E-state index is 12.6. The molecule has 0 fully saturated rings. The molecule has 1 N–H and O–H groups in total. The number of amides is 1. The molecule has 2 aromatic carbocycles. The number of hydrogen-bond acceptors (Lipinski definition) is 3. The van der Waals surface area contributed by atoms with Crippen molar-refractivity contribution in [2.45, 2.75) is 26.4 Å². The molecule has 0 saturated carbocycles. The molecule has 0 aromatic heterocycles. The first kappa shape index (κ1) is 17.9. The van der Waals surface area contributed by atoms with E-state index in [0.717, 1.165) is 22.5 Å². The fourth-order valence-electron chi connectivity index (χ4n) is 2.72. The minimum absolute atomic E-state index is 0.0527. The smallest absolute Gasteiger partial charge is 0.266 e. The second-order valence-corrected chi connectivity index (χ2v) is 5.34. The molecule has 3 rings (SSSR count). The Bertz CT molecular complexity index is 710. The molecule has 1 aliphatic heterocycles. The molecular weight excluding hydrogens is 298 g/mol. The van der Waals surface area contributed by atoms with Crippen LogP contribution >= 0.6 is 0 Å². The average Bonchev–Trinajstić information content (AvgIpc) is 2.65. The van der Waals surface area contributed by atoms with Crippen molar-refractivity contribution < 1.29 is 4.79 Å². The monoisotopic (exact) mass is 323 g/mol. The van der Waals surface area contributed by atoms with Crippen molar-refractivity contribution in [3.8, 4) is 0 Å². The fourth-order valence-corrected chi connectivity index (χ4v) is 2.72. The normalized spacial score (nSPS) is 19.2. The topological polar surface area (TPSA) is 44.7 Å². The molecule has 2 aromatic rings. The van der Waals surface area contributed by atoms with E-state index < -0.39 is 6.17 Å². The molecular formula is C20H25N3O. The average molecular weight is 323 g/mol. The van der Waals surface area contributed by atoms with Gasteiger partial charge in [-0.05, 0) is 24.2 Å². The summed E-state index contributed by atoms with van der Waals surface area (Å²) in [5.41, 5.74) is 4.02. The first-order valence-electron chi connectivity index (χ1n) is 8.35. The van der Waals surface area contributed by atoms with Crippen LogP contribution in [0.5, 0.6) is 0 Å². The number of rotatable bonds is 2. The van der Waals surface area contributed by atoms with Crippen LogP contribution in [-0.2, 0) is 11.2 Å². The van der Waals surface area contributed by atoms with E-state index in [-0.39, 0.29) is 5.91 Å². The van der Waals surface area contributed by atoms with Gasteiger partial charge in [0, 0.05) is 24.9 Å². The number of anilines is 1. The Morgan fingerprint density at radius 1 is 1.04 bits per heavy atom. The van der Waals surface area contributed by atoms with Gasteiger partial charge in [0.1, 0.15) is 0 Å². The van der Waals surface area contributed by atoms with E-state index in [9.17, 15) is 4.79 Å². The number of aliphatic imine (C=N–C) groups is 1. The first-order chi connectivity index (χ1) is 11.7. The van der Waals surface area contributed by atoms with E-state index in [1.54, 1.807) is 19.0 Å². The van der Waals surface area contributed by atoms with Crippen molar-refractivity contribution in [3.63, 3.8) is 0 Å². The van der Waals surface area contributed by atoms with Crippen LogP contribution in [0.15, 0.2) is 59.6 Å². The summed E-state index contributed by atoms with van der Waals surface area (Å²) in [5.74, 6) is -0.0527. The molecule has 1 unspecified atom stereocenters. The summed E-state index contributed by atoms with van der Waals surface area (Å²) in [4.78, 5) is 19.0. The zero-order valence-corrected chi connectivity index (χ0v) is 14.8. The van der Waals surface area contributed by atoms with Gasteiger partial charge in [-0.1, -0.05) is 62.4 Å². The van der Waals surface area contributed by atoms with E-state index in [2.05, 4.69) is 16.4 Å². The molecule has 4 nitrogen and oxygen atoms in total. The molecule has 126 valence electrons. The molecule has 1 atom stereocenters. The SMILES string of the molecule is CC.CNC1/N=C(/c2ccccc2)Cc2ccccc2N(C)C1=O. The lowest BCUT2D eigenvalue weighted by Crippen LogP contribution is -2.44. The van der Waals surface area contributed by atoms with Crippen LogP contribution in [0.25, 0.3) is 0 Å². The molecule has 0 aliphatic carbocycles. The van der Waals surface area contributed by atoms with Crippen LogP contribution < -0.4 is 10.2 Å². The number of carbonyl (C=O) groups excluding carboxylic acids is 1. The highest BCUT2D eigenvalue weighted by Crippen LogP contribution is 2.24. The van der Waals surface area contributed by atoms with Gasteiger partial charge in [0.05, 0.1) is 0 Å².